The van der Waals surface area contributed by atoms with Crippen molar-refractivity contribution in [2.45, 2.75) is 162 Å². The smallest absolute Gasteiger partial charge is 0.276 e. The highest BCUT2D eigenvalue weighted by molar-refractivity contribution is 6.31. The lowest BCUT2D eigenvalue weighted by Crippen LogP contribution is -2.43. The van der Waals surface area contributed by atoms with Gasteiger partial charge in [-0.05, 0) is 67.5 Å². The lowest BCUT2D eigenvalue weighted by atomic mass is 9.94. The van der Waals surface area contributed by atoms with Crippen molar-refractivity contribution >= 4 is 17.5 Å². The predicted octanol–water partition coefficient (Wildman–Crippen LogP) is 13.3. The van der Waals surface area contributed by atoms with Gasteiger partial charge >= 0.3 is 0 Å². The molecule has 3 rings (SSSR count). The molecule has 0 saturated heterocycles. The Morgan fingerprint density at radius 1 is 0.690 bits per heavy atom. The monoisotopic (exact) mass is 795 g/mol. The fourth-order valence-corrected chi connectivity index (χ4v) is 7.18. The Balaban J connectivity index is 1.70. The zero-order chi connectivity index (χ0) is 41.6. The number of hydrogen-bond donors (Lipinski definition) is 0. The molecule has 0 saturated carbocycles. The van der Waals surface area contributed by atoms with Gasteiger partial charge in [0.15, 0.2) is 0 Å². The number of imide groups is 1. The summed E-state index contributed by atoms with van der Waals surface area (Å²) in [5, 5.41) is 13.7. The molecule has 2 aliphatic heterocycles. The van der Waals surface area contributed by atoms with Gasteiger partial charge in [-0.25, -0.2) is 4.90 Å². The molecule has 10 nitrogen and oxygen atoms in total. The minimum atomic E-state index is -0.657. The first-order valence-corrected chi connectivity index (χ1v) is 22.4. The van der Waals surface area contributed by atoms with Gasteiger partial charge in [0.25, 0.3) is 11.8 Å². The highest BCUT2D eigenvalue weighted by Crippen LogP contribution is 2.35. The van der Waals surface area contributed by atoms with Gasteiger partial charge in [0, 0.05) is 54.2 Å². The summed E-state index contributed by atoms with van der Waals surface area (Å²) in [5.74, 6) is -0.0965. The fraction of sp³-hybridized carbons (Fsp3) is 0.604. The van der Waals surface area contributed by atoms with Crippen LogP contribution in [-0.4, -0.2) is 43.0 Å². The number of benzene rings is 1. The lowest BCUT2D eigenvalue weighted by Gasteiger charge is -2.28. The van der Waals surface area contributed by atoms with Gasteiger partial charge in [-0.2, -0.15) is 5.26 Å². The number of rotatable bonds is 31. The molecule has 316 valence electrons. The minimum Gasteiger partial charge on any atom is -0.493 e. The SMILES string of the molecule is CCCCCCCCCCCCOc1cc(OCCCCCCCCCCCC)cc(N2C(=O)C(C#N)=C(C)/C(=C/C=C3C=CN(CCCCN=[N+]=[N-])C=C3)C2=O)c1. The number of anilines is 1. The molecule has 1 aromatic carbocycles. The Morgan fingerprint density at radius 2 is 1.19 bits per heavy atom. The third-order valence-corrected chi connectivity index (χ3v) is 10.7. The maximum absolute atomic E-state index is 14.2. The summed E-state index contributed by atoms with van der Waals surface area (Å²) in [7, 11) is 0. The molecule has 0 radical (unpaired) electrons. The second-order valence-corrected chi connectivity index (χ2v) is 15.6. The second-order valence-electron chi connectivity index (χ2n) is 15.6. The third kappa shape index (κ3) is 17.8. The van der Waals surface area contributed by atoms with Crippen molar-refractivity contribution in [1.82, 2.24) is 4.90 Å². The minimum absolute atomic E-state index is 0.0737. The Bertz CT molecular complexity index is 1600. The number of nitriles is 1. The normalized spacial score (nSPS) is 14.7. The summed E-state index contributed by atoms with van der Waals surface area (Å²) >= 11 is 0. The van der Waals surface area contributed by atoms with Crippen LogP contribution in [0.2, 0.25) is 0 Å². The summed E-state index contributed by atoms with van der Waals surface area (Å²) in [6.07, 6.45) is 37.6. The number of carbonyl (C=O) groups is 2. The van der Waals surface area contributed by atoms with Crippen LogP contribution in [0.15, 0.2) is 82.3 Å². The number of carbonyl (C=O) groups excluding carboxylic acids is 2. The summed E-state index contributed by atoms with van der Waals surface area (Å²) < 4.78 is 12.5. The van der Waals surface area contributed by atoms with E-state index in [1.165, 1.54) is 103 Å². The van der Waals surface area contributed by atoms with Gasteiger partial charge in [-0.15, -0.1) is 0 Å². The van der Waals surface area contributed by atoms with Crippen LogP contribution in [-0.2, 0) is 9.59 Å². The van der Waals surface area contributed by atoms with E-state index in [2.05, 4.69) is 29.9 Å². The zero-order valence-electron chi connectivity index (χ0n) is 35.9. The molecule has 0 atom stereocenters. The summed E-state index contributed by atoms with van der Waals surface area (Å²) in [6, 6.07) is 7.32. The molecule has 2 amide bonds. The number of nitrogens with zero attached hydrogens (tertiary/aromatic N) is 6. The van der Waals surface area contributed by atoms with Gasteiger partial charge in [-0.1, -0.05) is 141 Å². The van der Waals surface area contributed by atoms with E-state index < -0.39 is 11.8 Å². The molecule has 2 aliphatic rings. The molecule has 0 spiro atoms. The van der Waals surface area contributed by atoms with Gasteiger partial charge in [0.2, 0.25) is 0 Å². The van der Waals surface area contributed by atoms with Crippen LogP contribution in [0.4, 0.5) is 5.69 Å². The predicted molar refractivity (Wildman–Crippen MR) is 236 cm³/mol. The Hall–Kier alpha value is -4.74. The van der Waals surface area contributed by atoms with Crippen LogP contribution in [0.25, 0.3) is 10.4 Å². The first kappa shape index (κ1) is 47.6. The number of allylic oxidation sites excluding steroid dienone is 5. The van der Waals surface area contributed by atoms with Crippen LogP contribution >= 0.6 is 0 Å². The zero-order valence-corrected chi connectivity index (χ0v) is 35.9. The van der Waals surface area contributed by atoms with Crippen molar-refractivity contribution in [2.75, 3.05) is 31.2 Å². The molecule has 2 heterocycles. The maximum Gasteiger partial charge on any atom is 0.276 e. The topological polar surface area (TPSA) is 132 Å². The summed E-state index contributed by atoms with van der Waals surface area (Å²) in [6.45, 7) is 8.46. The molecular weight excluding hydrogens is 725 g/mol. The molecular formula is C48H70N6O4. The van der Waals surface area contributed by atoms with Crippen LogP contribution in [0.3, 0.4) is 0 Å². The van der Waals surface area contributed by atoms with E-state index in [0.29, 0.717) is 42.5 Å². The fourth-order valence-electron chi connectivity index (χ4n) is 7.18. The number of unbranched alkanes of at least 4 members (excludes halogenated alkanes) is 19. The molecule has 58 heavy (non-hydrogen) atoms. The van der Waals surface area contributed by atoms with Crippen molar-refractivity contribution in [3.63, 3.8) is 0 Å². The molecule has 0 unspecified atom stereocenters. The molecule has 10 heteroatoms. The molecule has 1 aromatic rings. The summed E-state index contributed by atoms with van der Waals surface area (Å²) in [5.41, 5.74) is 10.2. The van der Waals surface area contributed by atoms with Crippen LogP contribution < -0.4 is 14.4 Å². The number of amides is 2. The van der Waals surface area contributed by atoms with Gasteiger partial charge in [0.1, 0.15) is 23.1 Å². The van der Waals surface area contributed by atoms with E-state index in [1.54, 1.807) is 25.1 Å². The molecule has 0 fully saturated rings. The van der Waals surface area contributed by atoms with E-state index in [0.717, 1.165) is 55.5 Å². The van der Waals surface area contributed by atoms with Crippen molar-refractivity contribution in [2.24, 2.45) is 5.11 Å². The quantitative estimate of drug-likeness (QED) is 0.0184. The van der Waals surface area contributed by atoms with Gasteiger partial charge in [0.05, 0.1) is 18.9 Å². The van der Waals surface area contributed by atoms with E-state index in [4.69, 9.17) is 15.0 Å². The third-order valence-electron chi connectivity index (χ3n) is 10.7. The van der Waals surface area contributed by atoms with Gasteiger partial charge in [-0.3, -0.25) is 9.59 Å². The Kier molecular flexibility index (Phi) is 24.2. The second kappa shape index (κ2) is 29.5. The van der Waals surface area contributed by atoms with E-state index in [-0.39, 0.29) is 11.1 Å². The largest absolute Gasteiger partial charge is 0.493 e. The van der Waals surface area contributed by atoms with E-state index in [9.17, 15) is 14.9 Å². The molecule has 0 aromatic heterocycles. The van der Waals surface area contributed by atoms with Crippen LogP contribution in [0.1, 0.15) is 162 Å². The highest BCUT2D eigenvalue weighted by Gasteiger charge is 2.37. The first-order chi connectivity index (χ1) is 28.4. The van der Waals surface area contributed by atoms with E-state index in [1.807, 2.05) is 41.6 Å². The van der Waals surface area contributed by atoms with Crippen molar-refractivity contribution in [3.05, 3.63) is 87.6 Å². The molecule has 0 N–H and O–H groups in total. The van der Waals surface area contributed by atoms with Crippen LogP contribution in [0, 0.1) is 11.3 Å². The van der Waals surface area contributed by atoms with Crippen LogP contribution in [0.5, 0.6) is 11.5 Å². The Labute approximate surface area is 349 Å². The van der Waals surface area contributed by atoms with Crippen molar-refractivity contribution < 1.29 is 19.1 Å². The Morgan fingerprint density at radius 3 is 1.67 bits per heavy atom. The maximum atomic E-state index is 14.2. The van der Waals surface area contributed by atoms with Crippen molar-refractivity contribution in [3.8, 4) is 17.6 Å². The highest BCUT2D eigenvalue weighted by atomic mass is 16.5. The standard InChI is InChI=1S/C48H70N6O4/c1-4-6-8-10-12-14-16-18-20-24-34-57-43-36-42(37-44(38-43)58-35-25-21-19-17-15-13-11-9-7-5-2)54-47(55)45(40(3)46(39-49)48(54)56)27-26-41-28-32-53(33-29-41)31-23-22-30-51-52-50/h26-29,32-33,36-38H,4-25,30-31,34-35H2,1-3H3/b45-27-. The van der Waals surface area contributed by atoms with Gasteiger partial charge < -0.3 is 14.4 Å². The van der Waals surface area contributed by atoms with E-state index >= 15 is 0 Å². The summed E-state index contributed by atoms with van der Waals surface area (Å²) in [4.78, 5) is 33.9. The lowest BCUT2D eigenvalue weighted by molar-refractivity contribution is -0.122. The van der Waals surface area contributed by atoms with Crippen molar-refractivity contribution in [1.29, 1.82) is 5.26 Å². The average molecular weight is 795 g/mol. The first-order valence-electron chi connectivity index (χ1n) is 22.4. The molecule has 0 bridgehead atoms. The molecule has 0 aliphatic carbocycles. The average Bonchev–Trinajstić information content (AvgIpc) is 3.22. The number of hydrogen-bond acceptors (Lipinski definition) is 7. The number of ether oxygens (including phenoxy) is 2. The number of azide groups is 1.